The molecule has 4 amide bonds. The molecular formula is C57H66ClF2N7O7. The van der Waals surface area contributed by atoms with E-state index in [1.54, 1.807) is 0 Å². The molecule has 1 aliphatic carbocycles. The molecule has 392 valence electrons. The van der Waals surface area contributed by atoms with Gasteiger partial charge < -0.3 is 35.4 Å². The Bertz CT molecular complexity index is 2970. The second-order valence-corrected chi connectivity index (χ2v) is 22.1. The van der Waals surface area contributed by atoms with Crippen LogP contribution < -0.4 is 25.8 Å². The van der Waals surface area contributed by atoms with Crippen LogP contribution in [0.25, 0.3) is 22.0 Å². The Morgan fingerprint density at radius 2 is 1.69 bits per heavy atom. The third-order valence-electron chi connectivity index (χ3n) is 17.0. The van der Waals surface area contributed by atoms with E-state index in [9.17, 15) is 24.3 Å². The summed E-state index contributed by atoms with van der Waals surface area (Å²) in [6.07, 6.45) is 7.89. The Hall–Kier alpha value is -5.94. The zero-order valence-electron chi connectivity index (χ0n) is 42.4. The van der Waals surface area contributed by atoms with Gasteiger partial charge in [-0.1, -0.05) is 67.9 Å². The van der Waals surface area contributed by atoms with E-state index in [2.05, 4.69) is 45.6 Å². The van der Waals surface area contributed by atoms with Crippen LogP contribution in [0.15, 0.2) is 66.7 Å². The molecule has 4 fully saturated rings. The first-order valence-corrected chi connectivity index (χ1v) is 26.6. The molecule has 3 atom stereocenters. The Morgan fingerprint density at radius 1 is 0.959 bits per heavy atom. The second kappa shape index (κ2) is 21.0. The molecule has 5 N–H and O–H groups in total. The number of nitrogens with two attached hydrogens (primary N) is 1. The van der Waals surface area contributed by atoms with E-state index in [1.807, 2.05) is 49.0 Å². The number of piperidine rings is 3. The van der Waals surface area contributed by atoms with Crippen molar-refractivity contribution in [1.29, 1.82) is 0 Å². The molecule has 1 aromatic heterocycles. The lowest BCUT2D eigenvalue weighted by Crippen LogP contribution is -2.50. The Kier molecular flexibility index (Phi) is 14.6. The number of carbonyl (C=O) groups is 4. The molecule has 3 unspecified atom stereocenters. The van der Waals surface area contributed by atoms with Crippen LogP contribution >= 0.6 is 11.6 Å². The summed E-state index contributed by atoms with van der Waals surface area (Å²) in [4.78, 5) is 56.0. The first-order valence-electron chi connectivity index (χ1n) is 26.3. The minimum atomic E-state index is -1.10. The molecule has 74 heavy (non-hydrogen) atoms. The van der Waals surface area contributed by atoms with E-state index >= 15 is 8.78 Å². The Labute approximate surface area is 435 Å². The number of hydrogen-bond acceptors (Lipinski definition) is 10. The summed E-state index contributed by atoms with van der Waals surface area (Å²) >= 11 is 6.73. The highest BCUT2D eigenvalue weighted by Gasteiger charge is 2.50. The van der Waals surface area contributed by atoms with Gasteiger partial charge in [-0.3, -0.25) is 29.2 Å². The predicted octanol–water partition coefficient (Wildman–Crippen LogP) is 8.21. The molecule has 17 heteroatoms. The summed E-state index contributed by atoms with van der Waals surface area (Å²) in [7, 11) is 1.92. The van der Waals surface area contributed by atoms with Crippen LogP contribution in [0.5, 0.6) is 11.5 Å². The number of halogens is 3. The van der Waals surface area contributed by atoms with Crippen molar-refractivity contribution >= 4 is 46.1 Å². The van der Waals surface area contributed by atoms with Crippen molar-refractivity contribution in [3.05, 3.63) is 111 Å². The van der Waals surface area contributed by atoms with Gasteiger partial charge in [-0.15, -0.1) is 0 Å². The van der Waals surface area contributed by atoms with Crippen LogP contribution in [0.1, 0.15) is 129 Å². The van der Waals surface area contributed by atoms with Crippen LogP contribution in [0.2, 0.25) is 5.02 Å². The first-order chi connectivity index (χ1) is 35.6. The van der Waals surface area contributed by atoms with E-state index in [0.29, 0.717) is 30.9 Å². The van der Waals surface area contributed by atoms with Gasteiger partial charge >= 0.3 is 0 Å². The second-order valence-electron chi connectivity index (χ2n) is 21.7. The number of ether oxygens (including phenoxy) is 2. The lowest BCUT2D eigenvalue weighted by molar-refractivity contribution is -0.139. The molecule has 3 saturated heterocycles. The van der Waals surface area contributed by atoms with E-state index in [4.69, 9.17) is 31.9 Å². The zero-order chi connectivity index (χ0) is 52.1. The van der Waals surface area contributed by atoms with Crippen LogP contribution in [0.3, 0.4) is 0 Å². The van der Waals surface area contributed by atoms with E-state index in [1.165, 1.54) is 23.8 Å². The minimum Gasteiger partial charge on any atom is -0.488 e. The number of aryl methyl sites for hydroxylation is 1. The van der Waals surface area contributed by atoms with Gasteiger partial charge in [-0.05, 0) is 112 Å². The molecular weight excluding hydrogens is 968 g/mol. The smallest absolute Gasteiger partial charge is 0.249 e. The first kappa shape index (κ1) is 51.5. The predicted molar refractivity (Wildman–Crippen MR) is 277 cm³/mol. The maximum atomic E-state index is 16.5. The van der Waals surface area contributed by atoms with Crippen molar-refractivity contribution in [2.45, 2.75) is 107 Å². The van der Waals surface area contributed by atoms with Gasteiger partial charge in [0.15, 0.2) is 17.2 Å². The zero-order valence-corrected chi connectivity index (χ0v) is 43.1. The molecule has 4 aromatic carbocycles. The molecule has 0 bridgehead atoms. The SMILES string of the molecule is CC1c2c(cc(F)c(Cl)c2-c2c(C(N)=O)ccc(OCCO)c2F)OC1(CNC1CCC(C(=O)N2CCC(C)(CN3CCC(c4ccc5c(C6CCC(=O)NC6=O)nn(C)c5c4)CC3)CC2)CC1)c1ccccc1. The summed E-state index contributed by atoms with van der Waals surface area (Å²) in [6, 6.07) is 19.9. The van der Waals surface area contributed by atoms with Crippen LogP contribution in [-0.4, -0.2) is 107 Å². The highest BCUT2D eigenvalue weighted by atomic mass is 35.5. The molecule has 1 saturated carbocycles. The summed E-state index contributed by atoms with van der Waals surface area (Å²) in [5, 5.41) is 20.9. The Balaban J connectivity index is 0.741. The summed E-state index contributed by atoms with van der Waals surface area (Å²) in [5.74, 6) is -3.71. The van der Waals surface area contributed by atoms with Crippen molar-refractivity contribution < 1.29 is 42.5 Å². The fourth-order valence-electron chi connectivity index (χ4n) is 12.7. The molecule has 14 nitrogen and oxygen atoms in total. The van der Waals surface area contributed by atoms with Gasteiger partial charge in [0.05, 0.1) is 34.3 Å². The molecule has 5 aromatic rings. The van der Waals surface area contributed by atoms with Gasteiger partial charge in [0, 0.05) is 85.7 Å². The number of aromatic nitrogens is 2. The average molecular weight is 1030 g/mol. The lowest BCUT2D eigenvalue weighted by Gasteiger charge is -2.45. The number of amides is 4. The number of fused-ring (bicyclic) bond motifs is 2. The topological polar surface area (TPSA) is 181 Å². The largest absolute Gasteiger partial charge is 0.488 e. The maximum absolute atomic E-state index is 16.5. The van der Waals surface area contributed by atoms with Crippen molar-refractivity contribution in [2.24, 2.45) is 24.1 Å². The number of hydrogen-bond donors (Lipinski definition) is 4. The number of nitrogens with zero attached hydrogens (tertiary/aromatic N) is 4. The number of aliphatic hydroxyl groups is 1. The van der Waals surface area contributed by atoms with Crippen LogP contribution in [-0.2, 0) is 27.0 Å². The normalized spacial score (nSPS) is 24.4. The number of imide groups is 1. The Morgan fingerprint density at radius 3 is 2.38 bits per heavy atom. The minimum absolute atomic E-state index is 0.0489. The number of nitrogens with one attached hydrogen (secondary N) is 2. The van der Waals surface area contributed by atoms with E-state index in [0.717, 1.165) is 106 Å². The number of aliphatic hydroxyl groups excluding tert-OH is 1. The molecule has 5 aliphatic rings. The average Bonchev–Trinajstić information content (AvgIpc) is 3.88. The third-order valence-corrected chi connectivity index (χ3v) is 17.4. The molecule has 4 aliphatic heterocycles. The molecule has 10 rings (SSSR count). The van der Waals surface area contributed by atoms with Crippen molar-refractivity contribution in [1.82, 2.24) is 30.2 Å². The fourth-order valence-corrected chi connectivity index (χ4v) is 13.0. The summed E-state index contributed by atoms with van der Waals surface area (Å²) in [5.41, 5.74) is 8.49. The van der Waals surface area contributed by atoms with Gasteiger partial charge in [0.2, 0.25) is 23.6 Å². The van der Waals surface area contributed by atoms with Crippen molar-refractivity contribution in [3.63, 3.8) is 0 Å². The third kappa shape index (κ3) is 9.78. The van der Waals surface area contributed by atoms with Gasteiger partial charge in [-0.25, -0.2) is 8.78 Å². The highest BCUT2D eigenvalue weighted by molar-refractivity contribution is 6.34. The molecule has 0 radical (unpaired) electrons. The van der Waals surface area contributed by atoms with E-state index in [-0.39, 0.29) is 76.5 Å². The number of primary amides is 1. The molecule has 0 spiro atoms. The standard InChI is InChI=1S/C57H66ClF2N7O7/c1-33-47-45(30-42(59)50(58)49(47)48-40(53(61)70)15-17-44(51(48)60)73-28-27-68)74-57(33,37-7-5-4-6-8-37)31-62-38-12-9-35(10-13-38)55(72)67-25-21-56(2,22-26-67)32-66-23-19-34(20-24-66)36-11-14-39-43(29-36)65(3)64-52(39)41-16-18-46(69)63-54(41)71/h4-8,11,14-15,17,29-30,33-35,38,41,62,68H,9-10,12-13,16,18-28,31-32H2,1-3H3,(H2,61,70)(H,63,69,71). The quantitative estimate of drug-likeness (QED) is 0.0792. The number of benzene rings is 4. The summed E-state index contributed by atoms with van der Waals surface area (Å²) < 4.78 is 46.5. The summed E-state index contributed by atoms with van der Waals surface area (Å²) in [6.45, 7) is 8.54. The monoisotopic (exact) mass is 1030 g/mol. The number of carbonyl (C=O) groups excluding carboxylic acids is 4. The lowest BCUT2D eigenvalue weighted by atomic mass is 9.76. The van der Waals surface area contributed by atoms with Crippen molar-refractivity contribution in [3.8, 4) is 22.6 Å². The van der Waals surface area contributed by atoms with Crippen LogP contribution in [0.4, 0.5) is 8.78 Å². The number of rotatable bonds is 14. The van der Waals surface area contributed by atoms with Crippen LogP contribution in [0, 0.1) is 23.0 Å². The highest BCUT2D eigenvalue weighted by Crippen LogP contribution is 2.57. The maximum Gasteiger partial charge on any atom is 0.249 e. The fraction of sp³-hybridized carbons (Fsp3) is 0.491. The van der Waals surface area contributed by atoms with Gasteiger partial charge in [0.25, 0.3) is 0 Å². The van der Waals surface area contributed by atoms with Gasteiger partial charge in [0.1, 0.15) is 18.2 Å². The van der Waals surface area contributed by atoms with Gasteiger partial charge in [-0.2, -0.15) is 5.10 Å². The number of likely N-dealkylation sites (tertiary alicyclic amines) is 2. The van der Waals surface area contributed by atoms with E-state index < -0.39 is 40.0 Å². The van der Waals surface area contributed by atoms with Crippen molar-refractivity contribution in [2.75, 3.05) is 52.5 Å². The molecule has 5 heterocycles.